The first kappa shape index (κ1) is 14.3. The molecule has 5 heteroatoms. The average molecular weight is 328 g/mol. The Bertz CT molecular complexity index is 444. The SMILES string of the molecule is COCCOc1ccc(Br)cc1C(=O)N1CCCC1. The molecule has 104 valence electrons. The Morgan fingerprint density at radius 2 is 2.05 bits per heavy atom. The third-order valence-electron chi connectivity index (χ3n) is 3.11. The van der Waals surface area contributed by atoms with Crippen molar-refractivity contribution in [2.75, 3.05) is 33.4 Å². The van der Waals surface area contributed by atoms with Crippen LogP contribution in [0.2, 0.25) is 0 Å². The van der Waals surface area contributed by atoms with E-state index in [0.717, 1.165) is 30.4 Å². The lowest BCUT2D eigenvalue weighted by atomic mass is 10.2. The molecule has 1 aliphatic rings. The van der Waals surface area contributed by atoms with Gasteiger partial charge in [-0.25, -0.2) is 0 Å². The summed E-state index contributed by atoms with van der Waals surface area (Å²) < 4.78 is 11.5. The fourth-order valence-corrected chi connectivity index (χ4v) is 2.48. The molecule has 0 saturated carbocycles. The lowest BCUT2D eigenvalue weighted by Gasteiger charge is -2.18. The third kappa shape index (κ3) is 3.70. The number of hydrogen-bond donors (Lipinski definition) is 0. The van der Waals surface area contributed by atoms with E-state index in [4.69, 9.17) is 9.47 Å². The van der Waals surface area contributed by atoms with Gasteiger partial charge in [-0.2, -0.15) is 0 Å². The van der Waals surface area contributed by atoms with Crippen molar-refractivity contribution in [3.8, 4) is 5.75 Å². The molecule has 1 aromatic rings. The first-order valence-electron chi connectivity index (χ1n) is 6.43. The van der Waals surface area contributed by atoms with Gasteiger partial charge in [0, 0.05) is 24.7 Å². The topological polar surface area (TPSA) is 38.8 Å². The van der Waals surface area contributed by atoms with Gasteiger partial charge in [-0.1, -0.05) is 15.9 Å². The van der Waals surface area contributed by atoms with Crippen LogP contribution >= 0.6 is 15.9 Å². The second-order valence-corrected chi connectivity index (χ2v) is 5.40. The van der Waals surface area contributed by atoms with Crippen molar-refractivity contribution in [3.05, 3.63) is 28.2 Å². The zero-order valence-electron chi connectivity index (χ0n) is 11.0. The summed E-state index contributed by atoms with van der Waals surface area (Å²) in [5.41, 5.74) is 0.618. The standard InChI is InChI=1S/C14H18BrNO3/c1-18-8-9-19-13-5-4-11(15)10-12(13)14(17)16-6-2-3-7-16/h4-5,10H,2-3,6-9H2,1H3. The van der Waals surface area contributed by atoms with Crippen molar-refractivity contribution in [2.45, 2.75) is 12.8 Å². The van der Waals surface area contributed by atoms with Gasteiger partial charge in [-0.3, -0.25) is 4.79 Å². The number of ether oxygens (including phenoxy) is 2. The number of methoxy groups -OCH3 is 1. The molecule has 1 fully saturated rings. The van der Waals surface area contributed by atoms with Gasteiger partial charge in [0.1, 0.15) is 12.4 Å². The largest absolute Gasteiger partial charge is 0.490 e. The van der Waals surface area contributed by atoms with E-state index in [1.54, 1.807) is 7.11 Å². The maximum atomic E-state index is 12.4. The molecule has 1 amide bonds. The predicted octanol–water partition coefficient (Wildman–Crippen LogP) is 2.71. The molecule has 1 saturated heterocycles. The molecule has 0 radical (unpaired) electrons. The summed E-state index contributed by atoms with van der Waals surface area (Å²) in [6.07, 6.45) is 2.17. The molecule has 0 N–H and O–H groups in total. The van der Waals surface area contributed by atoms with Crippen molar-refractivity contribution >= 4 is 21.8 Å². The monoisotopic (exact) mass is 327 g/mol. The Morgan fingerprint density at radius 3 is 2.74 bits per heavy atom. The molecule has 0 atom stereocenters. The minimum atomic E-state index is 0.0474. The highest BCUT2D eigenvalue weighted by Crippen LogP contribution is 2.26. The van der Waals surface area contributed by atoms with Crippen molar-refractivity contribution < 1.29 is 14.3 Å². The summed E-state index contributed by atoms with van der Waals surface area (Å²) in [5.74, 6) is 0.670. The Morgan fingerprint density at radius 1 is 1.32 bits per heavy atom. The highest BCUT2D eigenvalue weighted by molar-refractivity contribution is 9.10. The van der Waals surface area contributed by atoms with Gasteiger partial charge in [0.2, 0.25) is 0 Å². The summed E-state index contributed by atoms with van der Waals surface area (Å²) in [7, 11) is 1.63. The highest BCUT2D eigenvalue weighted by Gasteiger charge is 2.22. The molecule has 4 nitrogen and oxygen atoms in total. The number of hydrogen-bond acceptors (Lipinski definition) is 3. The maximum absolute atomic E-state index is 12.4. The van der Waals surface area contributed by atoms with Gasteiger partial charge < -0.3 is 14.4 Å². The van der Waals surface area contributed by atoms with Crippen molar-refractivity contribution in [1.82, 2.24) is 4.90 Å². The number of rotatable bonds is 5. The number of halogens is 1. The molecule has 1 heterocycles. The lowest BCUT2D eigenvalue weighted by molar-refractivity contribution is 0.0785. The third-order valence-corrected chi connectivity index (χ3v) is 3.60. The molecule has 0 aliphatic carbocycles. The average Bonchev–Trinajstić information content (AvgIpc) is 2.94. The second-order valence-electron chi connectivity index (χ2n) is 4.48. The van der Waals surface area contributed by atoms with Crippen LogP contribution < -0.4 is 4.74 Å². The molecular formula is C14H18BrNO3. The van der Waals surface area contributed by atoms with Crippen molar-refractivity contribution in [3.63, 3.8) is 0 Å². The van der Waals surface area contributed by atoms with Crippen LogP contribution in [0.3, 0.4) is 0 Å². The van der Waals surface area contributed by atoms with Crippen LogP contribution in [0.25, 0.3) is 0 Å². The molecule has 0 bridgehead atoms. The highest BCUT2D eigenvalue weighted by atomic mass is 79.9. The normalized spacial score (nSPS) is 14.7. The Balaban J connectivity index is 2.16. The Hall–Kier alpha value is -1.07. The molecule has 1 aromatic carbocycles. The summed E-state index contributed by atoms with van der Waals surface area (Å²) in [6.45, 7) is 2.62. The van der Waals surface area contributed by atoms with E-state index in [0.29, 0.717) is 24.5 Å². The molecule has 0 aromatic heterocycles. The number of carbonyl (C=O) groups excluding carboxylic acids is 1. The molecule has 2 rings (SSSR count). The summed E-state index contributed by atoms with van der Waals surface area (Å²) in [6, 6.07) is 5.52. The maximum Gasteiger partial charge on any atom is 0.257 e. The molecular weight excluding hydrogens is 310 g/mol. The summed E-state index contributed by atoms with van der Waals surface area (Å²) >= 11 is 3.40. The molecule has 0 spiro atoms. The van der Waals surface area contributed by atoms with Crippen LogP contribution in [0.5, 0.6) is 5.75 Å². The number of likely N-dealkylation sites (tertiary alicyclic amines) is 1. The van der Waals surface area contributed by atoms with E-state index in [-0.39, 0.29) is 5.91 Å². The van der Waals surface area contributed by atoms with Gasteiger partial charge in [0.05, 0.1) is 12.2 Å². The first-order chi connectivity index (χ1) is 9.22. The molecule has 19 heavy (non-hydrogen) atoms. The second kappa shape index (κ2) is 6.91. The fraction of sp³-hybridized carbons (Fsp3) is 0.500. The van der Waals surface area contributed by atoms with Crippen LogP contribution in [0, 0.1) is 0 Å². The smallest absolute Gasteiger partial charge is 0.257 e. The van der Waals surface area contributed by atoms with Gasteiger partial charge in [-0.15, -0.1) is 0 Å². The van der Waals surface area contributed by atoms with Gasteiger partial charge in [-0.05, 0) is 31.0 Å². The van der Waals surface area contributed by atoms with Crippen molar-refractivity contribution in [1.29, 1.82) is 0 Å². The number of carbonyl (C=O) groups is 1. The van der Waals surface area contributed by atoms with E-state index < -0.39 is 0 Å². The zero-order valence-corrected chi connectivity index (χ0v) is 12.6. The van der Waals surface area contributed by atoms with Crippen LogP contribution in [-0.2, 0) is 4.74 Å². The van der Waals surface area contributed by atoms with Gasteiger partial charge in [0.15, 0.2) is 0 Å². The number of nitrogens with zero attached hydrogens (tertiary/aromatic N) is 1. The minimum absolute atomic E-state index is 0.0474. The molecule has 1 aliphatic heterocycles. The van der Waals surface area contributed by atoms with E-state index in [2.05, 4.69) is 15.9 Å². The van der Waals surface area contributed by atoms with Crippen LogP contribution in [0.1, 0.15) is 23.2 Å². The molecule has 0 unspecified atom stereocenters. The summed E-state index contributed by atoms with van der Waals surface area (Å²) in [4.78, 5) is 14.3. The van der Waals surface area contributed by atoms with Crippen molar-refractivity contribution in [2.24, 2.45) is 0 Å². The quantitative estimate of drug-likeness (QED) is 0.780. The summed E-state index contributed by atoms with van der Waals surface area (Å²) in [5, 5.41) is 0. The van der Waals surface area contributed by atoms with Crippen LogP contribution in [-0.4, -0.2) is 44.2 Å². The Labute approximate surface area is 121 Å². The van der Waals surface area contributed by atoms with E-state index in [1.807, 2.05) is 23.1 Å². The van der Waals surface area contributed by atoms with E-state index in [1.165, 1.54) is 0 Å². The Kier molecular flexibility index (Phi) is 5.22. The van der Waals surface area contributed by atoms with E-state index in [9.17, 15) is 4.79 Å². The first-order valence-corrected chi connectivity index (χ1v) is 7.22. The van der Waals surface area contributed by atoms with E-state index >= 15 is 0 Å². The fourth-order valence-electron chi connectivity index (χ4n) is 2.12. The number of amides is 1. The predicted molar refractivity (Wildman–Crippen MR) is 76.7 cm³/mol. The van der Waals surface area contributed by atoms with Crippen LogP contribution in [0.15, 0.2) is 22.7 Å². The van der Waals surface area contributed by atoms with Crippen LogP contribution in [0.4, 0.5) is 0 Å². The number of benzene rings is 1. The van der Waals surface area contributed by atoms with Gasteiger partial charge >= 0.3 is 0 Å². The van der Waals surface area contributed by atoms with Gasteiger partial charge in [0.25, 0.3) is 5.91 Å². The lowest BCUT2D eigenvalue weighted by Crippen LogP contribution is -2.28. The minimum Gasteiger partial charge on any atom is -0.490 e. The zero-order chi connectivity index (χ0) is 13.7.